The highest BCUT2D eigenvalue weighted by Gasteiger charge is 2.26. The van der Waals surface area contributed by atoms with Gasteiger partial charge in [0.2, 0.25) is 5.91 Å². The molecule has 2 N–H and O–H groups in total. The van der Waals surface area contributed by atoms with Crippen molar-refractivity contribution in [2.45, 2.75) is 32.0 Å². The number of nitrogens with one attached hydrogen (secondary N) is 2. The number of aryl methyl sites for hydroxylation is 1. The molecule has 12 heteroatoms. The van der Waals surface area contributed by atoms with Crippen LogP contribution in [0.3, 0.4) is 0 Å². The van der Waals surface area contributed by atoms with Crippen LogP contribution in [0.4, 0.5) is 11.4 Å². The molecule has 0 aliphatic carbocycles. The number of anilines is 1. The van der Waals surface area contributed by atoms with E-state index in [0.29, 0.717) is 11.0 Å². The van der Waals surface area contributed by atoms with E-state index in [1.165, 1.54) is 36.0 Å². The maximum absolute atomic E-state index is 12.8. The third-order valence-electron chi connectivity index (χ3n) is 5.21. The number of rotatable bonds is 9. The van der Waals surface area contributed by atoms with Crippen LogP contribution in [0.15, 0.2) is 47.6 Å². The fraction of sp³-hybridized carbons (Fsp3) is 0.304. The van der Waals surface area contributed by atoms with Crippen molar-refractivity contribution in [3.63, 3.8) is 0 Å². The zero-order valence-corrected chi connectivity index (χ0v) is 22.6. The van der Waals surface area contributed by atoms with Gasteiger partial charge in [-0.2, -0.15) is 0 Å². The van der Waals surface area contributed by atoms with E-state index in [1.54, 1.807) is 11.6 Å². The third-order valence-corrected chi connectivity index (χ3v) is 6.91. The Labute approximate surface area is 220 Å². The summed E-state index contributed by atoms with van der Waals surface area (Å²) in [5.41, 5.74) is 1.77. The van der Waals surface area contributed by atoms with Crippen LogP contribution in [-0.2, 0) is 11.8 Å². The summed E-state index contributed by atoms with van der Waals surface area (Å²) in [5.74, 6) is 0.0184. The highest BCUT2D eigenvalue weighted by Crippen LogP contribution is 2.25. The molecule has 0 fully saturated rings. The molecular weight excluding hydrogens is 583 g/mol. The Morgan fingerprint density at radius 3 is 2.60 bits per heavy atom. The summed E-state index contributed by atoms with van der Waals surface area (Å²) in [4.78, 5) is 35.8. The highest BCUT2D eigenvalue weighted by atomic mass is 127. The molecule has 10 nitrogen and oxygen atoms in total. The van der Waals surface area contributed by atoms with Crippen molar-refractivity contribution < 1.29 is 14.5 Å². The number of aromatic nitrogens is 3. The molecule has 2 aromatic carbocycles. The lowest BCUT2D eigenvalue weighted by molar-refractivity contribution is -0.384. The van der Waals surface area contributed by atoms with Gasteiger partial charge in [-0.05, 0) is 65.3 Å². The number of amides is 2. The SMILES string of the molecule is Cc1cc(I)ccc1NC(=O)CSc1nnc([C@H](NC(=O)c2cccc([N+](=O)[O-])c2)C(C)C)n1C. The molecule has 0 saturated carbocycles. The summed E-state index contributed by atoms with van der Waals surface area (Å²) < 4.78 is 2.84. The zero-order chi connectivity index (χ0) is 25.7. The average Bonchev–Trinajstić information content (AvgIpc) is 3.17. The molecule has 3 aromatic rings. The first-order chi connectivity index (χ1) is 16.6. The van der Waals surface area contributed by atoms with E-state index in [-0.39, 0.29) is 28.8 Å². The number of nitrogens with zero attached hydrogens (tertiary/aromatic N) is 4. The zero-order valence-electron chi connectivity index (χ0n) is 19.6. The van der Waals surface area contributed by atoms with Gasteiger partial charge in [0.15, 0.2) is 11.0 Å². The van der Waals surface area contributed by atoms with Gasteiger partial charge in [0.05, 0.1) is 16.7 Å². The Morgan fingerprint density at radius 2 is 1.94 bits per heavy atom. The Morgan fingerprint density at radius 1 is 1.20 bits per heavy atom. The Bertz CT molecular complexity index is 1260. The lowest BCUT2D eigenvalue weighted by Gasteiger charge is -2.21. The Hall–Kier alpha value is -3.00. The fourth-order valence-electron chi connectivity index (χ4n) is 3.32. The number of thioether (sulfide) groups is 1. The molecule has 35 heavy (non-hydrogen) atoms. The lowest BCUT2D eigenvalue weighted by atomic mass is 10.0. The molecule has 0 unspecified atom stereocenters. The maximum Gasteiger partial charge on any atom is 0.270 e. The fourth-order valence-corrected chi connectivity index (χ4v) is 4.69. The summed E-state index contributed by atoms with van der Waals surface area (Å²) in [5, 5.41) is 25.8. The predicted octanol–water partition coefficient (Wildman–Crippen LogP) is 4.49. The summed E-state index contributed by atoms with van der Waals surface area (Å²) in [6, 6.07) is 10.9. The van der Waals surface area contributed by atoms with Crippen molar-refractivity contribution in [2.24, 2.45) is 13.0 Å². The molecule has 0 saturated heterocycles. The van der Waals surface area contributed by atoms with Gasteiger partial charge in [-0.15, -0.1) is 10.2 Å². The minimum Gasteiger partial charge on any atom is -0.342 e. The van der Waals surface area contributed by atoms with E-state index in [4.69, 9.17) is 0 Å². The minimum absolute atomic E-state index is 0.0365. The van der Waals surface area contributed by atoms with Gasteiger partial charge < -0.3 is 15.2 Å². The van der Waals surface area contributed by atoms with E-state index in [0.717, 1.165) is 14.8 Å². The summed E-state index contributed by atoms with van der Waals surface area (Å²) in [6.45, 7) is 5.79. The first-order valence-corrected chi connectivity index (χ1v) is 12.8. The van der Waals surface area contributed by atoms with Crippen molar-refractivity contribution in [3.8, 4) is 0 Å². The molecule has 0 aliphatic rings. The van der Waals surface area contributed by atoms with Gasteiger partial charge >= 0.3 is 0 Å². The first kappa shape index (κ1) is 26.6. The van der Waals surface area contributed by atoms with Crippen molar-refractivity contribution in [3.05, 3.63) is 73.1 Å². The number of hydrogen-bond donors (Lipinski definition) is 2. The maximum atomic E-state index is 12.8. The van der Waals surface area contributed by atoms with Gasteiger partial charge in [0.1, 0.15) is 0 Å². The molecule has 1 aromatic heterocycles. The molecular formula is C23H25IN6O4S. The van der Waals surface area contributed by atoms with Crippen LogP contribution in [0, 0.1) is 26.5 Å². The summed E-state index contributed by atoms with van der Waals surface area (Å²) in [7, 11) is 1.77. The number of nitro benzene ring substituents is 1. The van der Waals surface area contributed by atoms with E-state index in [9.17, 15) is 19.7 Å². The van der Waals surface area contributed by atoms with Crippen LogP contribution in [0.1, 0.15) is 41.6 Å². The Balaban J connectivity index is 1.69. The van der Waals surface area contributed by atoms with Crippen LogP contribution in [0.2, 0.25) is 0 Å². The molecule has 0 spiro atoms. The number of carbonyl (C=O) groups is 2. The van der Waals surface area contributed by atoms with Gasteiger partial charge in [-0.3, -0.25) is 19.7 Å². The van der Waals surface area contributed by atoms with Gasteiger partial charge in [-0.1, -0.05) is 31.7 Å². The van der Waals surface area contributed by atoms with Crippen molar-refractivity contribution in [2.75, 3.05) is 11.1 Å². The van der Waals surface area contributed by atoms with Gasteiger partial charge in [-0.25, -0.2) is 0 Å². The number of halogens is 1. The first-order valence-electron chi connectivity index (χ1n) is 10.7. The molecule has 1 heterocycles. The predicted molar refractivity (Wildman–Crippen MR) is 142 cm³/mol. The topological polar surface area (TPSA) is 132 Å². The standard InChI is InChI=1S/C23H25IN6O4S/c1-13(2)20(26-22(32)15-6-5-7-17(11-15)30(33)34)21-27-28-23(29(21)4)35-12-19(31)25-18-9-8-16(24)10-14(18)3/h5-11,13,20H,12H2,1-4H3,(H,25,31)(H,26,32)/t20-/m1/s1. The summed E-state index contributed by atoms with van der Waals surface area (Å²) >= 11 is 3.46. The molecule has 0 radical (unpaired) electrons. The van der Waals surface area contributed by atoms with E-state index in [2.05, 4.69) is 43.4 Å². The second-order valence-electron chi connectivity index (χ2n) is 8.20. The average molecular weight is 608 g/mol. The molecule has 0 bridgehead atoms. The van der Waals surface area contributed by atoms with Crippen LogP contribution in [0.5, 0.6) is 0 Å². The number of benzene rings is 2. The quantitative estimate of drug-likeness (QED) is 0.158. The number of hydrogen-bond acceptors (Lipinski definition) is 7. The molecule has 1 atom stereocenters. The largest absolute Gasteiger partial charge is 0.342 e. The van der Waals surface area contributed by atoms with Crippen LogP contribution in [-0.4, -0.2) is 37.3 Å². The number of nitro groups is 1. The monoisotopic (exact) mass is 608 g/mol. The number of non-ortho nitro benzene ring substituents is 1. The highest BCUT2D eigenvalue weighted by molar-refractivity contribution is 14.1. The van der Waals surface area contributed by atoms with Gasteiger partial charge in [0, 0.05) is 34.0 Å². The van der Waals surface area contributed by atoms with Crippen LogP contribution in [0.25, 0.3) is 0 Å². The van der Waals surface area contributed by atoms with Crippen molar-refractivity contribution in [1.82, 2.24) is 20.1 Å². The van der Waals surface area contributed by atoms with Crippen molar-refractivity contribution in [1.29, 1.82) is 0 Å². The van der Waals surface area contributed by atoms with Crippen LogP contribution >= 0.6 is 34.4 Å². The minimum atomic E-state index is -0.543. The Kier molecular flexibility index (Phi) is 8.83. The van der Waals surface area contributed by atoms with Crippen molar-refractivity contribution >= 4 is 57.5 Å². The summed E-state index contributed by atoms with van der Waals surface area (Å²) in [6.07, 6.45) is 0. The second kappa shape index (κ2) is 11.6. The molecule has 0 aliphatic heterocycles. The number of carbonyl (C=O) groups excluding carboxylic acids is 2. The molecule has 184 valence electrons. The molecule has 2 amide bonds. The normalized spacial score (nSPS) is 11.8. The second-order valence-corrected chi connectivity index (χ2v) is 10.4. The smallest absolute Gasteiger partial charge is 0.270 e. The van der Waals surface area contributed by atoms with E-state index in [1.807, 2.05) is 39.0 Å². The third kappa shape index (κ3) is 6.78. The van der Waals surface area contributed by atoms with E-state index >= 15 is 0 Å². The van der Waals surface area contributed by atoms with Gasteiger partial charge in [0.25, 0.3) is 11.6 Å². The lowest BCUT2D eigenvalue weighted by Crippen LogP contribution is -2.33. The molecule has 3 rings (SSSR count). The van der Waals surface area contributed by atoms with Crippen LogP contribution < -0.4 is 10.6 Å². The van der Waals surface area contributed by atoms with E-state index < -0.39 is 16.9 Å².